The molecule has 0 heterocycles. The quantitative estimate of drug-likeness (QED) is 0.797. The molecule has 4 heteroatoms. The van der Waals surface area contributed by atoms with Gasteiger partial charge in [-0.1, -0.05) is 36.4 Å². The molecule has 1 N–H and O–H groups in total. The molecule has 0 saturated heterocycles. The van der Waals surface area contributed by atoms with Crippen LogP contribution in [0, 0.1) is 5.82 Å². The Balaban J connectivity index is 1.68. The number of para-hydroxylation sites is 1. The maximum Gasteiger partial charge on any atom is 0.227 e. The van der Waals surface area contributed by atoms with Crippen molar-refractivity contribution in [2.45, 2.75) is 12.8 Å². The molecule has 2 aromatic carbocycles. The fourth-order valence-corrected chi connectivity index (χ4v) is 2.21. The van der Waals surface area contributed by atoms with Gasteiger partial charge in [0.15, 0.2) is 0 Å². The molecule has 1 amide bonds. The topological polar surface area (TPSA) is 32.3 Å². The summed E-state index contributed by atoms with van der Waals surface area (Å²) in [5.74, 6) is -0.117. The summed E-state index contributed by atoms with van der Waals surface area (Å²) in [4.78, 5) is 13.7. The third-order valence-electron chi connectivity index (χ3n) is 3.56. The molecule has 0 aromatic heterocycles. The molecule has 0 radical (unpaired) electrons. The van der Waals surface area contributed by atoms with Crippen molar-refractivity contribution in [1.29, 1.82) is 0 Å². The number of hydrogen-bond donors (Lipinski definition) is 1. The molecule has 0 bridgehead atoms. The van der Waals surface area contributed by atoms with Gasteiger partial charge in [0, 0.05) is 25.7 Å². The number of rotatable bonds is 7. The van der Waals surface area contributed by atoms with E-state index in [9.17, 15) is 9.18 Å². The Bertz CT molecular complexity index is 601. The summed E-state index contributed by atoms with van der Waals surface area (Å²) < 4.78 is 13.4. The summed E-state index contributed by atoms with van der Waals surface area (Å²) in [6.07, 6.45) is 1.04. The fourth-order valence-electron chi connectivity index (χ4n) is 2.21. The Labute approximate surface area is 130 Å². The highest BCUT2D eigenvalue weighted by Crippen LogP contribution is 2.11. The van der Waals surface area contributed by atoms with Crippen LogP contribution in [0.1, 0.15) is 12.0 Å². The van der Waals surface area contributed by atoms with Crippen molar-refractivity contribution >= 4 is 11.6 Å². The number of carbonyl (C=O) groups excluding carboxylic acids is 1. The van der Waals surface area contributed by atoms with Gasteiger partial charge in [0.2, 0.25) is 5.91 Å². The Morgan fingerprint density at radius 3 is 2.45 bits per heavy atom. The molecule has 0 aliphatic heterocycles. The normalized spacial score (nSPS) is 10.5. The lowest BCUT2D eigenvalue weighted by molar-refractivity contribution is -0.118. The highest BCUT2D eigenvalue weighted by molar-refractivity contribution is 5.92. The largest absolute Gasteiger partial charge is 0.316 e. The van der Waals surface area contributed by atoms with Crippen LogP contribution in [0.15, 0.2) is 54.6 Å². The van der Waals surface area contributed by atoms with Gasteiger partial charge in [0.25, 0.3) is 0 Å². The van der Waals surface area contributed by atoms with Gasteiger partial charge in [-0.25, -0.2) is 4.39 Å². The van der Waals surface area contributed by atoms with E-state index < -0.39 is 0 Å². The molecule has 0 aliphatic rings. The van der Waals surface area contributed by atoms with Crippen LogP contribution in [0.5, 0.6) is 0 Å². The summed E-state index contributed by atoms with van der Waals surface area (Å²) >= 11 is 0. The standard InChI is InChI=1S/C18H21FN2O/c1-21(16-8-3-2-4-9-16)18(22)12-14-20-13-11-15-7-5-6-10-17(15)19/h2-10,20H,11-14H2,1H3. The van der Waals surface area contributed by atoms with E-state index in [1.807, 2.05) is 36.4 Å². The molecule has 0 atom stereocenters. The zero-order valence-electron chi connectivity index (χ0n) is 12.8. The van der Waals surface area contributed by atoms with Crippen LogP contribution in [-0.4, -0.2) is 26.0 Å². The van der Waals surface area contributed by atoms with E-state index in [1.165, 1.54) is 6.07 Å². The lowest BCUT2D eigenvalue weighted by atomic mass is 10.1. The first-order valence-electron chi connectivity index (χ1n) is 7.44. The Hall–Kier alpha value is -2.20. The smallest absolute Gasteiger partial charge is 0.227 e. The molecule has 2 rings (SSSR count). The van der Waals surface area contributed by atoms with Crippen molar-refractivity contribution in [1.82, 2.24) is 5.32 Å². The molecular formula is C18H21FN2O. The minimum atomic E-state index is -0.177. The van der Waals surface area contributed by atoms with Gasteiger partial charge in [-0.2, -0.15) is 0 Å². The second kappa shape index (κ2) is 8.29. The number of nitrogens with one attached hydrogen (secondary N) is 1. The van der Waals surface area contributed by atoms with Gasteiger partial charge in [0.05, 0.1) is 0 Å². The number of amides is 1. The molecule has 0 aliphatic carbocycles. The van der Waals surface area contributed by atoms with Gasteiger partial charge in [-0.15, -0.1) is 0 Å². The van der Waals surface area contributed by atoms with Gasteiger partial charge >= 0.3 is 0 Å². The minimum Gasteiger partial charge on any atom is -0.316 e. The van der Waals surface area contributed by atoms with Crippen molar-refractivity contribution in [2.24, 2.45) is 0 Å². The van der Waals surface area contributed by atoms with Crippen LogP contribution in [-0.2, 0) is 11.2 Å². The van der Waals surface area contributed by atoms with Crippen LogP contribution >= 0.6 is 0 Å². The summed E-state index contributed by atoms with van der Waals surface area (Å²) in [5.41, 5.74) is 1.58. The first-order valence-corrected chi connectivity index (χ1v) is 7.44. The summed E-state index contributed by atoms with van der Waals surface area (Å²) in [7, 11) is 1.77. The summed E-state index contributed by atoms with van der Waals surface area (Å²) in [6.45, 7) is 1.24. The van der Waals surface area contributed by atoms with Gasteiger partial charge < -0.3 is 10.2 Å². The van der Waals surface area contributed by atoms with Crippen LogP contribution in [0.25, 0.3) is 0 Å². The fraction of sp³-hybridized carbons (Fsp3) is 0.278. The molecule has 22 heavy (non-hydrogen) atoms. The average Bonchev–Trinajstić information content (AvgIpc) is 2.56. The third kappa shape index (κ3) is 4.67. The van der Waals surface area contributed by atoms with E-state index in [4.69, 9.17) is 0 Å². The highest BCUT2D eigenvalue weighted by Gasteiger charge is 2.09. The molecule has 0 spiro atoms. The van der Waals surface area contributed by atoms with Crippen molar-refractivity contribution in [3.63, 3.8) is 0 Å². The van der Waals surface area contributed by atoms with Crippen LogP contribution in [0.3, 0.4) is 0 Å². The van der Waals surface area contributed by atoms with Crippen molar-refractivity contribution in [3.8, 4) is 0 Å². The van der Waals surface area contributed by atoms with Crippen LogP contribution in [0.2, 0.25) is 0 Å². The molecule has 0 saturated carbocycles. The lowest BCUT2D eigenvalue weighted by Gasteiger charge is -2.17. The Kier molecular flexibility index (Phi) is 6.10. The van der Waals surface area contributed by atoms with Gasteiger partial charge in [0.1, 0.15) is 5.82 Å². The zero-order chi connectivity index (χ0) is 15.8. The van der Waals surface area contributed by atoms with E-state index in [1.54, 1.807) is 24.1 Å². The molecule has 2 aromatic rings. The molecule has 0 unspecified atom stereocenters. The monoisotopic (exact) mass is 300 g/mol. The van der Waals surface area contributed by atoms with Crippen LogP contribution < -0.4 is 10.2 Å². The second-order valence-corrected chi connectivity index (χ2v) is 5.13. The average molecular weight is 300 g/mol. The highest BCUT2D eigenvalue weighted by atomic mass is 19.1. The Morgan fingerprint density at radius 2 is 1.73 bits per heavy atom. The van der Waals surface area contributed by atoms with Gasteiger partial charge in [-0.3, -0.25) is 4.79 Å². The van der Waals surface area contributed by atoms with E-state index in [0.717, 1.165) is 5.69 Å². The number of benzene rings is 2. The Morgan fingerprint density at radius 1 is 1.05 bits per heavy atom. The first-order chi connectivity index (χ1) is 10.7. The number of anilines is 1. The van der Waals surface area contributed by atoms with Crippen molar-refractivity contribution in [3.05, 3.63) is 66.0 Å². The molecule has 0 fully saturated rings. The number of halogens is 1. The van der Waals surface area contributed by atoms with Crippen LogP contribution in [0.4, 0.5) is 10.1 Å². The predicted molar refractivity (Wildman–Crippen MR) is 87.4 cm³/mol. The second-order valence-electron chi connectivity index (χ2n) is 5.13. The number of nitrogens with zero attached hydrogens (tertiary/aromatic N) is 1. The predicted octanol–water partition coefficient (Wildman–Crippen LogP) is 3.01. The third-order valence-corrected chi connectivity index (χ3v) is 3.56. The molecule has 116 valence electrons. The first kappa shape index (κ1) is 16.2. The minimum absolute atomic E-state index is 0.0598. The van der Waals surface area contributed by atoms with E-state index in [2.05, 4.69) is 5.32 Å². The molecule has 3 nitrogen and oxygen atoms in total. The summed E-state index contributed by atoms with van der Waals surface area (Å²) in [6, 6.07) is 16.3. The SMILES string of the molecule is CN(C(=O)CCNCCc1ccccc1F)c1ccccc1. The van der Waals surface area contributed by atoms with Gasteiger partial charge in [-0.05, 0) is 36.7 Å². The summed E-state index contributed by atoms with van der Waals surface area (Å²) in [5, 5.41) is 3.18. The van der Waals surface area contributed by atoms with Crippen molar-refractivity contribution in [2.75, 3.05) is 25.0 Å². The number of hydrogen-bond acceptors (Lipinski definition) is 2. The maximum absolute atomic E-state index is 13.4. The van der Waals surface area contributed by atoms with E-state index in [0.29, 0.717) is 31.5 Å². The maximum atomic E-state index is 13.4. The lowest BCUT2D eigenvalue weighted by Crippen LogP contribution is -2.30. The van der Waals surface area contributed by atoms with E-state index in [-0.39, 0.29) is 11.7 Å². The van der Waals surface area contributed by atoms with Crippen molar-refractivity contribution < 1.29 is 9.18 Å². The van der Waals surface area contributed by atoms with E-state index >= 15 is 0 Å². The zero-order valence-corrected chi connectivity index (χ0v) is 12.8. The number of carbonyl (C=O) groups is 1. The molecular weight excluding hydrogens is 279 g/mol.